The smallest absolute Gasteiger partial charge is 0.240 e. The van der Waals surface area contributed by atoms with Gasteiger partial charge in [0.25, 0.3) is 0 Å². The molecule has 0 saturated carbocycles. The molecule has 0 spiro atoms. The molecular weight excluding hydrogens is 164 g/mol. The lowest BCUT2D eigenvalue weighted by molar-refractivity contribution is -0.129. The zero-order valence-electron chi connectivity index (χ0n) is 8.84. The van der Waals surface area contributed by atoms with Crippen LogP contribution in [0.4, 0.5) is 0 Å². The van der Waals surface area contributed by atoms with Crippen LogP contribution in [-0.4, -0.2) is 29.6 Å². The molecule has 2 atom stereocenters. The molecule has 1 fully saturated rings. The zero-order valence-corrected chi connectivity index (χ0v) is 8.84. The molecule has 1 saturated heterocycles. The van der Waals surface area contributed by atoms with Crippen molar-refractivity contribution in [2.24, 2.45) is 0 Å². The maximum atomic E-state index is 11.7. The van der Waals surface area contributed by atoms with Crippen molar-refractivity contribution < 1.29 is 4.79 Å². The summed E-state index contributed by atoms with van der Waals surface area (Å²) in [4.78, 5) is 13.7. The number of carbonyl (C=O) groups is 1. The lowest BCUT2D eigenvalue weighted by Crippen LogP contribution is -2.36. The molecule has 1 rings (SSSR count). The van der Waals surface area contributed by atoms with Crippen LogP contribution in [0, 0.1) is 0 Å². The molecule has 1 N–H and O–H groups in total. The first-order chi connectivity index (χ1) is 6.24. The van der Waals surface area contributed by atoms with E-state index >= 15 is 0 Å². The molecule has 0 aromatic heterocycles. The van der Waals surface area contributed by atoms with Crippen molar-refractivity contribution in [1.29, 1.82) is 0 Å². The molecule has 13 heavy (non-hydrogen) atoms. The van der Waals surface area contributed by atoms with E-state index in [0.717, 1.165) is 25.8 Å². The fraction of sp³-hybridized carbons (Fsp3) is 0.900. The average molecular weight is 184 g/mol. The van der Waals surface area contributed by atoms with Crippen molar-refractivity contribution in [3.8, 4) is 0 Å². The second-order valence-electron chi connectivity index (χ2n) is 3.56. The number of rotatable bonds is 4. The third kappa shape index (κ3) is 2.02. The SMILES string of the molecule is CCCC1NC(CC)C(=O)N1CC. The summed E-state index contributed by atoms with van der Waals surface area (Å²) in [5.41, 5.74) is 0. The summed E-state index contributed by atoms with van der Waals surface area (Å²) in [5.74, 6) is 0.281. The molecule has 1 heterocycles. The van der Waals surface area contributed by atoms with Crippen LogP contribution in [0.25, 0.3) is 0 Å². The van der Waals surface area contributed by atoms with Gasteiger partial charge in [-0.3, -0.25) is 10.1 Å². The van der Waals surface area contributed by atoms with Crippen LogP contribution in [-0.2, 0) is 4.79 Å². The standard InChI is InChI=1S/C10H20N2O/c1-4-7-9-11-8(5-2)10(13)12(9)6-3/h8-9,11H,4-7H2,1-3H3. The van der Waals surface area contributed by atoms with E-state index in [1.54, 1.807) is 0 Å². The molecule has 76 valence electrons. The Bertz CT molecular complexity index is 182. The summed E-state index contributed by atoms with van der Waals surface area (Å²) in [6, 6.07) is 0.0662. The largest absolute Gasteiger partial charge is 0.326 e. The van der Waals surface area contributed by atoms with E-state index in [4.69, 9.17) is 0 Å². The Hall–Kier alpha value is -0.570. The number of nitrogens with zero attached hydrogens (tertiary/aromatic N) is 1. The highest BCUT2D eigenvalue weighted by atomic mass is 16.2. The van der Waals surface area contributed by atoms with Crippen LogP contribution in [0.3, 0.4) is 0 Å². The molecule has 0 aromatic rings. The number of carbonyl (C=O) groups excluding carboxylic acids is 1. The number of likely N-dealkylation sites (N-methyl/N-ethyl adjacent to an activating group) is 1. The number of hydrogen-bond donors (Lipinski definition) is 1. The lowest BCUT2D eigenvalue weighted by atomic mass is 10.2. The molecule has 0 radical (unpaired) electrons. The predicted molar refractivity (Wildman–Crippen MR) is 53.3 cm³/mol. The van der Waals surface area contributed by atoms with Crippen LogP contribution >= 0.6 is 0 Å². The summed E-state index contributed by atoms with van der Waals surface area (Å²) in [5, 5.41) is 3.37. The van der Waals surface area contributed by atoms with Crippen LogP contribution in [0.2, 0.25) is 0 Å². The quantitative estimate of drug-likeness (QED) is 0.715. The first-order valence-electron chi connectivity index (χ1n) is 5.31. The van der Waals surface area contributed by atoms with Gasteiger partial charge in [0.05, 0.1) is 12.2 Å². The second-order valence-corrected chi connectivity index (χ2v) is 3.56. The van der Waals surface area contributed by atoms with Crippen LogP contribution in [0.15, 0.2) is 0 Å². The van der Waals surface area contributed by atoms with E-state index in [0.29, 0.717) is 0 Å². The van der Waals surface area contributed by atoms with Gasteiger partial charge in [-0.15, -0.1) is 0 Å². The van der Waals surface area contributed by atoms with E-state index in [1.807, 2.05) is 11.8 Å². The van der Waals surface area contributed by atoms with Crippen molar-refractivity contribution in [1.82, 2.24) is 10.2 Å². The van der Waals surface area contributed by atoms with Gasteiger partial charge in [0.2, 0.25) is 5.91 Å². The third-order valence-corrected chi connectivity index (χ3v) is 2.66. The van der Waals surface area contributed by atoms with Gasteiger partial charge in [-0.25, -0.2) is 0 Å². The predicted octanol–water partition coefficient (Wildman–Crippen LogP) is 1.34. The number of nitrogens with one attached hydrogen (secondary N) is 1. The van der Waals surface area contributed by atoms with Crippen molar-refractivity contribution in [2.45, 2.75) is 52.2 Å². The van der Waals surface area contributed by atoms with Crippen LogP contribution in [0.1, 0.15) is 40.0 Å². The Balaban J connectivity index is 2.61. The fourth-order valence-electron chi connectivity index (χ4n) is 1.93. The van der Waals surface area contributed by atoms with E-state index < -0.39 is 0 Å². The van der Waals surface area contributed by atoms with Gasteiger partial charge in [0, 0.05) is 6.54 Å². The van der Waals surface area contributed by atoms with E-state index in [2.05, 4.69) is 19.2 Å². The van der Waals surface area contributed by atoms with E-state index in [-0.39, 0.29) is 18.1 Å². The highest BCUT2D eigenvalue weighted by Crippen LogP contribution is 2.16. The summed E-state index contributed by atoms with van der Waals surface area (Å²) in [7, 11) is 0. The van der Waals surface area contributed by atoms with Gasteiger partial charge in [-0.1, -0.05) is 20.3 Å². The molecule has 0 aliphatic carbocycles. The Morgan fingerprint density at radius 3 is 2.54 bits per heavy atom. The second kappa shape index (κ2) is 4.61. The van der Waals surface area contributed by atoms with Gasteiger partial charge in [0.1, 0.15) is 0 Å². The fourth-order valence-corrected chi connectivity index (χ4v) is 1.93. The first-order valence-corrected chi connectivity index (χ1v) is 5.31. The average Bonchev–Trinajstić information content (AvgIpc) is 2.43. The summed E-state index contributed by atoms with van der Waals surface area (Å²) in [6.45, 7) is 7.07. The normalized spacial score (nSPS) is 28.5. The minimum Gasteiger partial charge on any atom is -0.326 e. The minimum absolute atomic E-state index is 0.0662. The molecule has 3 heteroatoms. The van der Waals surface area contributed by atoms with E-state index in [9.17, 15) is 4.79 Å². The maximum Gasteiger partial charge on any atom is 0.240 e. The molecule has 1 aliphatic rings. The Morgan fingerprint density at radius 2 is 2.08 bits per heavy atom. The van der Waals surface area contributed by atoms with E-state index in [1.165, 1.54) is 0 Å². The minimum atomic E-state index is 0.0662. The van der Waals surface area contributed by atoms with Gasteiger partial charge in [0.15, 0.2) is 0 Å². The molecule has 0 bridgehead atoms. The third-order valence-electron chi connectivity index (χ3n) is 2.66. The maximum absolute atomic E-state index is 11.7. The Labute approximate surface area is 80.5 Å². The molecule has 1 aliphatic heterocycles. The Morgan fingerprint density at radius 1 is 1.38 bits per heavy atom. The zero-order chi connectivity index (χ0) is 9.84. The molecule has 3 nitrogen and oxygen atoms in total. The molecular formula is C10H20N2O. The van der Waals surface area contributed by atoms with Crippen molar-refractivity contribution in [3.05, 3.63) is 0 Å². The van der Waals surface area contributed by atoms with Gasteiger partial charge < -0.3 is 4.90 Å². The van der Waals surface area contributed by atoms with Gasteiger partial charge >= 0.3 is 0 Å². The summed E-state index contributed by atoms with van der Waals surface area (Å²) < 4.78 is 0. The van der Waals surface area contributed by atoms with Crippen molar-refractivity contribution >= 4 is 5.91 Å². The molecule has 1 amide bonds. The van der Waals surface area contributed by atoms with Crippen LogP contribution < -0.4 is 5.32 Å². The molecule has 2 unspecified atom stereocenters. The van der Waals surface area contributed by atoms with Gasteiger partial charge in [-0.05, 0) is 19.8 Å². The highest BCUT2D eigenvalue weighted by molar-refractivity contribution is 5.84. The van der Waals surface area contributed by atoms with Gasteiger partial charge in [-0.2, -0.15) is 0 Å². The lowest BCUT2D eigenvalue weighted by Gasteiger charge is -2.21. The first kappa shape index (κ1) is 10.5. The van der Waals surface area contributed by atoms with Crippen LogP contribution in [0.5, 0.6) is 0 Å². The van der Waals surface area contributed by atoms with Crippen molar-refractivity contribution in [2.75, 3.05) is 6.54 Å². The topological polar surface area (TPSA) is 32.3 Å². The summed E-state index contributed by atoms with van der Waals surface area (Å²) >= 11 is 0. The molecule has 0 aromatic carbocycles. The summed E-state index contributed by atoms with van der Waals surface area (Å²) in [6.07, 6.45) is 3.37. The monoisotopic (exact) mass is 184 g/mol. The highest BCUT2D eigenvalue weighted by Gasteiger charge is 2.35. The van der Waals surface area contributed by atoms with Crippen molar-refractivity contribution in [3.63, 3.8) is 0 Å². The number of amides is 1. The number of hydrogen-bond acceptors (Lipinski definition) is 2. The Kier molecular flexibility index (Phi) is 3.72.